The molecule has 3 heteroatoms. The molecule has 1 atom stereocenters. The van der Waals surface area contributed by atoms with Crippen molar-refractivity contribution < 1.29 is 9.84 Å². The van der Waals surface area contributed by atoms with Gasteiger partial charge in [0.25, 0.3) is 0 Å². The van der Waals surface area contributed by atoms with E-state index in [1.807, 2.05) is 0 Å². The van der Waals surface area contributed by atoms with Crippen LogP contribution < -0.4 is 4.74 Å². The molecule has 1 fully saturated rings. The van der Waals surface area contributed by atoms with Crippen LogP contribution in [-0.2, 0) is 12.8 Å². The van der Waals surface area contributed by atoms with Crippen LogP contribution >= 0.6 is 15.9 Å². The Hall–Kier alpha value is -0.540. The molecule has 1 N–H and O–H groups in total. The number of ether oxygens (including phenoxy) is 1. The molecule has 1 aromatic rings. The van der Waals surface area contributed by atoms with E-state index in [4.69, 9.17) is 4.74 Å². The monoisotopic (exact) mass is 352 g/mol. The van der Waals surface area contributed by atoms with E-state index in [2.05, 4.69) is 28.1 Å². The smallest absolute Gasteiger partial charge is 0.125 e. The van der Waals surface area contributed by atoms with Gasteiger partial charge in [-0.3, -0.25) is 0 Å². The van der Waals surface area contributed by atoms with E-state index < -0.39 is 0 Å². The van der Waals surface area contributed by atoms with E-state index in [0.29, 0.717) is 5.92 Å². The zero-order valence-electron chi connectivity index (χ0n) is 12.6. The third-order valence-electron chi connectivity index (χ3n) is 4.86. The van der Waals surface area contributed by atoms with Crippen molar-refractivity contribution in [1.82, 2.24) is 0 Å². The highest BCUT2D eigenvalue weighted by molar-refractivity contribution is 9.10. The molecule has 1 saturated carbocycles. The maximum absolute atomic E-state index is 10.5. The molecule has 1 unspecified atom stereocenters. The van der Waals surface area contributed by atoms with Crippen molar-refractivity contribution in [1.29, 1.82) is 0 Å². The Balaban J connectivity index is 1.63. The quantitative estimate of drug-likeness (QED) is 0.799. The maximum atomic E-state index is 10.5. The van der Waals surface area contributed by atoms with Crippen LogP contribution in [0.4, 0.5) is 0 Å². The summed E-state index contributed by atoms with van der Waals surface area (Å²) in [5, 5.41) is 10.5. The molecule has 0 aromatic heterocycles. The van der Waals surface area contributed by atoms with E-state index in [1.165, 1.54) is 44.1 Å². The van der Waals surface area contributed by atoms with Gasteiger partial charge in [0.05, 0.1) is 12.7 Å². The minimum atomic E-state index is -0.240. The highest BCUT2D eigenvalue weighted by atomic mass is 79.9. The van der Waals surface area contributed by atoms with Crippen molar-refractivity contribution in [2.75, 3.05) is 6.61 Å². The minimum Gasteiger partial charge on any atom is -0.493 e. The van der Waals surface area contributed by atoms with Gasteiger partial charge in [-0.1, -0.05) is 54.5 Å². The van der Waals surface area contributed by atoms with Crippen LogP contribution in [-0.4, -0.2) is 17.8 Å². The number of benzene rings is 1. The van der Waals surface area contributed by atoms with Crippen LogP contribution in [0.3, 0.4) is 0 Å². The highest BCUT2D eigenvalue weighted by Gasteiger charge is 2.21. The Morgan fingerprint density at radius 1 is 1.19 bits per heavy atom. The van der Waals surface area contributed by atoms with Crippen molar-refractivity contribution in [3.05, 3.63) is 27.7 Å². The lowest BCUT2D eigenvalue weighted by Crippen LogP contribution is -2.16. The van der Waals surface area contributed by atoms with Crippen molar-refractivity contribution in [3.8, 4) is 5.75 Å². The van der Waals surface area contributed by atoms with Crippen molar-refractivity contribution in [2.24, 2.45) is 5.92 Å². The predicted molar refractivity (Wildman–Crippen MR) is 88.9 cm³/mol. The number of aliphatic hydroxyl groups is 1. The highest BCUT2D eigenvalue weighted by Crippen LogP contribution is 2.35. The number of halogens is 1. The summed E-state index contributed by atoms with van der Waals surface area (Å²) in [5.41, 5.74) is 2.44. The molecule has 0 amide bonds. The molecule has 0 radical (unpaired) electrons. The average molecular weight is 353 g/mol. The van der Waals surface area contributed by atoms with E-state index in [1.54, 1.807) is 0 Å². The molecule has 2 aliphatic rings. The molecule has 1 aromatic carbocycles. The molecule has 116 valence electrons. The zero-order chi connectivity index (χ0) is 14.7. The zero-order valence-corrected chi connectivity index (χ0v) is 14.2. The lowest BCUT2D eigenvalue weighted by molar-refractivity contribution is 0.136. The van der Waals surface area contributed by atoms with E-state index >= 15 is 0 Å². The number of fused-ring (bicyclic) bond motifs is 1. The van der Waals surface area contributed by atoms with Gasteiger partial charge < -0.3 is 9.84 Å². The SMILES string of the molecule is OC(Cc1cc(Br)cc2c1OCC2)CC1CCCCCC1. The molecular formula is C18H25BrO2. The summed E-state index contributed by atoms with van der Waals surface area (Å²) in [6.45, 7) is 0.775. The maximum Gasteiger partial charge on any atom is 0.125 e. The van der Waals surface area contributed by atoms with Gasteiger partial charge in [-0.25, -0.2) is 0 Å². The number of hydrogen-bond acceptors (Lipinski definition) is 2. The van der Waals surface area contributed by atoms with Crippen LogP contribution in [0.5, 0.6) is 5.75 Å². The largest absolute Gasteiger partial charge is 0.493 e. The van der Waals surface area contributed by atoms with Crippen molar-refractivity contribution in [3.63, 3.8) is 0 Å². The summed E-state index contributed by atoms with van der Waals surface area (Å²) in [4.78, 5) is 0. The first-order valence-corrected chi connectivity index (χ1v) is 9.14. The average Bonchev–Trinajstić information content (AvgIpc) is 2.76. The van der Waals surface area contributed by atoms with Crippen LogP contribution in [0.2, 0.25) is 0 Å². The first kappa shape index (κ1) is 15.4. The Kier molecular flexibility index (Phi) is 5.23. The fourth-order valence-electron chi connectivity index (χ4n) is 3.82. The van der Waals surface area contributed by atoms with Gasteiger partial charge in [-0.05, 0) is 35.6 Å². The molecule has 2 nitrogen and oxygen atoms in total. The van der Waals surface area contributed by atoms with Gasteiger partial charge in [-0.2, -0.15) is 0 Å². The summed E-state index contributed by atoms with van der Waals surface area (Å²) >= 11 is 3.58. The number of aliphatic hydroxyl groups excluding tert-OH is 1. The minimum absolute atomic E-state index is 0.240. The first-order valence-electron chi connectivity index (χ1n) is 8.34. The second-order valence-electron chi connectivity index (χ2n) is 6.60. The van der Waals surface area contributed by atoms with E-state index in [-0.39, 0.29) is 6.10 Å². The topological polar surface area (TPSA) is 29.5 Å². The molecule has 1 heterocycles. The van der Waals surface area contributed by atoms with Crippen LogP contribution in [0.25, 0.3) is 0 Å². The lowest BCUT2D eigenvalue weighted by Gasteiger charge is -2.19. The van der Waals surface area contributed by atoms with E-state index in [0.717, 1.165) is 41.7 Å². The Labute approximate surface area is 136 Å². The van der Waals surface area contributed by atoms with Gasteiger partial charge in [-0.15, -0.1) is 0 Å². The third kappa shape index (κ3) is 4.01. The number of rotatable bonds is 4. The van der Waals surface area contributed by atoms with E-state index in [9.17, 15) is 5.11 Å². The lowest BCUT2D eigenvalue weighted by atomic mass is 9.91. The van der Waals surface area contributed by atoms with Gasteiger partial charge in [0.2, 0.25) is 0 Å². The van der Waals surface area contributed by atoms with Crippen LogP contribution in [0.1, 0.15) is 56.1 Å². The number of hydrogen-bond donors (Lipinski definition) is 1. The summed E-state index contributed by atoms with van der Waals surface area (Å²) in [6.07, 6.45) is 10.4. The van der Waals surface area contributed by atoms with Crippen LogP contribution in [0.15, 0.2) is 16.6 Å². The normalized spacial score (nSPS) is 20.7. The summed E-state index contributed by atoms with van der Waals surface area (Å²) in [6, 6.07) is 4.25. The molecule has 21 heavy (non-hydrogen) atoms. The Morgan fingerprint density at radius 3 is 2.71 bits per heavy atom. The van der Waals surface area contributed by atoms with Crippen molar-refractivity contribution in [2.45, 2.75) is 63.9 Å². The fraction of sp³-hybridized carbons (Fsp3) is 0.667. The molecule has 0 bridgehead atoms. The molecule has 1 aliphatic carbocycles. The Morgan fingerprint density at radius 2 is 1.95 bits per heavy atom. The molecular weight excluding hydrogens is 328 g/mol. The fourth-order valence-corrected chi connectivity index (χ4v) is 4.37. The van der Waals surface area contributed by atoms with Crippen molar-refractivity contribution >= 4 is 15.9 Å². The molecule has 0 saturated heterocycles. The standard InChI is InChI=1S/C18H25BrO2/c19-16-10-14-7-8-21-18(14)15(11-16)12-17(20)9-13-5-3-1-2-4-6-13/h10-11,13,17,20H,1-9,12H2. The van der Waals surface area contributed by atoms with Gasteiger partial charge in [0.15, 0.2) is 0 Å². The third-order valence-corrected chi connectivity index (χ3v) is 5.32. The molecule has 0 spiro atoms. The predicted octanol–water partition coefficient (Wildman–Crippen LogP) is 4.65. The second kappa shape index (κ2) is 7.15. The molecule has 1 aliphatic heterocycles. The summed E-state index contributed by atoms with van der Waals surface area (Å²) in [7, 11) is 0. The van der Waals surface area contributed by atoms with Gasteiger partial charge in [0.1, 0.15) is 5.75 Å². The summed E-state index contributed by atoms with van der Waals surface area (Å²) < 4.78 is 6.86. The Bertz CT molecular complexity index is 478. The van der Waals surface area contributed by atoms with Gasteiger partial charge in [0, 0.05) is 17.3 Å². The van der Waals surface area contributed by atoms with Gasteiger partial charge >= 0.3 is 0 Å². The summed E-state index contributed by atoms with van der Waals surface area (Å²) in [5.74, 6) is 1.74. The molecule has 3 rings (SSSR count). The van der Waals surface area contributed by atoms with Crippen LogP contribution in [0, 0.1) is 5.92 Å². The second-order valence-corrected chi connectivity index (χ2v) is 7.52. The first-order chi connectivity index (χ1) is 10.2.